The number of phenols is 1. The molecule has 0 radical (unpaired) electrons. The summed E-state index contributed by atoms with van der Waals surface area (Å²) in [5.74, 6) is -0.229. The summed E-state index contributed by atoms with van der Waals surface area (Å²) in [6.45, 7) is 5.42. The highest BCUT2D eigenvalue weighted by Crippen LogP contribution is 2.31. The maximum Gasteiger partial charge on any atom is 0.323 e. The van der Waals surface area contributed by atoms with E-state index in [0.717, 1.165) is 12.0 Å². The minimum absolute atomic E-state index is 0.170. The van der Waals surface area contributed by atoms with E-state index in [-0.39, 0.29) is 5.75 Å². The summed E-state index contributed by atoms with van der Waals surface area (Å²) in [6.07, 6.45) is 1.11. The fraction of sp³-hybridized carbons (Fsp3) is 0.500. The summed E-state index contributed by atoms with van der Waals surface area (Å²) in [4.78, 5) is 12.0. The molecular weight excluding hydrogens is 277 g/mol. The summed E-state index contributed by atoms with van der Waals surface area (Å²) < 4.78 is 17.0. The summed E-state index contributed by atoms with van der Waals surface area (Å²) in [6, 6.07) is 5.93. The van der Waals surface area contributed by atoms with Crippen molar-refractivity contribution in [3.05, 3.63) is 29.8 Å². The van der Waals surface area contributed by atoms with Crippen LogP contribution in [-0.4, -0.2) is 37.1 Å². The number of ether oxygens (including phenoxy) is 1. The van der Waals surface area contributed by atoms with Crippen molar-refractivity contribution in [3.63, 3.8) is 0 Å². The smallest absolute Gasteiger partial charge is 0.323 e. The number of carbonyl (C=O) groups excluding carboxylic acids is 1. The molecule has 0 fully saturated rings. The molecule has 0 aliphatic rings. The normalized spacial score (nSPS) is 12.9. The van der Waals surface area contributed by atoms with E-state index in [4.69, 9.17) is 4.74 Å². The summed E-state index contributed by atoms with van der Waals surface area (Å²) in [7, 11) is -2.55. The summed E-state index contributed by atoms with van der Waals surface area (Å²) >= 11 is 0. The molecule has 0 aliphatic carbocycles. The van der Waals surface area contributed by atoms with Gasteiger partial charge < -0.3 is 14.4 Å². The Morgan fingerprint density at radius 3 is 2.45 bits per heavy atom. The van der Waals surface area contributed by atoms with Crippen LogP contribution in [0, 0.1) is 0 Å². The minimum Gasteiger partial charge on any atom is -0.508 e. The van der Waals surface area contributed by atoms with Gasteiger partial charge in [0.05, 0.1) is 6.61 Å². The van der Waals surface area contributed by atoms with Gasteiger partial charge in [0.2, 0.25) is 0 Å². The Balaban J connectivity index is 2.78. The predicted molar refractivity (Wildman–Crippen MR) is 79.4 cm³/mol. The van der Waals surface area contributed by atoms with Crippen LogP contribution >= 0.6 is 7.29 Å². The molecule has 1 atom stereocenters. The van der Waals surface area contributed by atoms with E-state index in [1.807, 2.05) is 6.92 Å². The molecule has 0 heterocycles. The third kappa shape index (κ3) is 6.22. The second-order valence-corrected chi connectivity index (χ2v) is 8.03. The molecule has 0 aliphatic heterocycles. The fourth-order valence-electron chi connectivity index (χ4n) is 1.73. The Kier molecular flexibility index (Phi) is 6.24. The molecule has 2 N–H and O–H groups in total. The second kappa shape index (κ2) is 7.46. The lowest BCUT2D eigenvalue weighted by Gasteiger charge is -2.20. The van der Waals surface area contributed by atoms with Crippen molar-refractivity contribution in [2.45, 2.75) is 25.8 Å². The molecule has 0 spiro atoms. The Morgan fingerprint density at radius 2 is 1.95 bits per heavy atom. The van der Waals surface area contributed by atoms with E-state index >= 15 is 0 Å². The maximum absolute atomic E-state index is 12.0. The first-order valence-electron chi connectivity index (χ1n) is 6.59. The van der Waals surface area contributed by atoms with Gasteiger partial charge in [0.25, 0.3) is 0 Å². The third-order valence-electron chi connectivity index (χ3n) is 2.58. The minimum atomic E-state index is -2.55. The molecule has 5 nitrogen and oxygen atoms in total. The molecule has 0 bridgehead atoms. The molecule has 6 heteroatoms. The van der Waals surface area contributed by atoms with Gasteiger partial charge in [-0.15, -0.1) is 0 Å². The Bertz CT molecular complexity index is 480. The lowest BCUT2D eigenvalue weighted by Crippen LogP contribution is -2.37. The third-order valence-corrected chi connectivity index (χ3v) is 3.51. The van der Waals surface area contributed by atoms with E-state index in [1.165, 1.54) is 0 Å². The highest BCUT2D eigenvalue weighted by molar-refractivity contribution is 7.60. The molecule has 112 valence electrons. The number of esters is 1. The number of rotatable bonds is 7. The number of phenolic OH excluding ortho intramolecular Hbond substituents is 1. The lowest BCUT2D eigenvalue weighted by molar-refractivity contribution is -0.145. The number of aromatic hydroxyl groups is 1. The molecule has 1 aromatic rings. The fourth-order valence-corrected chi connectivity index (χ4v) is 2.68. The van der Waals surface area contributed by atoms with Gasteiger partial charge >= 0.3 is 5.97 Å². The largest absolute Gasteiger partial charge is 0.508 e. The van der Waals surface area contributed by atoms with Crippen molar-refractivity contribution in [1.82, 2.24) is 5.09 Å². The van der Waals surface area contributed by atoms with Crippen LogP contribution in [0.25, 0.3) is 0 Å². The SMILES string of the molecule is CCCOC(=O)C(Cc1ccc(O)cc1)NP(C)(C)=O. The first kappa shape index (κ1) is 16.7. The molecule has 0 aromatic heterocycles. The van der Waals surface area contributed by atoms with Crippen molar-refractivity contribution in [2.75, 3.05) is 19.9 Å². The number of hydrogen-bond donors (Lipinski definition) is 2. The van der Waals surface area contributed by atoms with Gasteiger partial charge in [0.15, 0.2) is 0 Å². The van der Waals surface area contributed by atoms with Crippen molar-refractivity contribution >= 4 is 13.3 Å². The average molecular weight is 299 g/mol. The highest BCUT2D eigenvalue weighted by atomic mass is 31.2. The zero-order valence-electron chi connectivity index (χ0n) is 12.1. The topological polar surface area (TPSA) is 75.6 Å². The molecule has 1 rings (SSSR count). The molecule has 0 saturated carbocycles. The van der Waals surface area contributed by atoms with Crippen LogP contribution in [0.5, 0.6) is 5.75 Å². The Morgan fingerprint density at radius 1 is 1.35 bits per heavy atom. The quantitative estimate of drug-likeness (QED) is 0.597. The highest BCUT2D eigenvalue weighted by Gasteiger charge is 2.24. The molecule has 20 heavy (non-hydrogen) atoms. The van der Waals surface area contributed by atoms with Crippen molar-refractivity contribution < 1.29 is 19.2 Å². The Labute approximate surface area is 119 Å². The van der Waals surface area contributed by atoms with Crippen LogP contribution < -0.4 is 5.09 Å². The molecule has 1 unspecified atom stereocenters. The summed E-state index contributed by atoms with van der Waals surface area (Å²) in [5.41, 5.74) is 0.863. The van der Waals surface area contributed by atoms with Crippen LogP contribution in [0.4, 0.5) is 0 Å². The number of carbonyl (C=O) groups is 1. The molecule has 0 saturated heterocycles. The number of nitrogens with one attached hydrogen (secondary N) is 1. The average Bonchev–Trinajstić information content (AvgIpc) is 2.36. The van der Waals surface area contributed by atoms with Gasteiger partial charge in [-0.05, 0) is 30.5 Å². The molecule has 1 aromatic carbocycles. The Hall–Kier alpha value is -1.32. The van der Waals surface area contributed by atoms with E-state index in [1.54, 1.807) is 37.6 Å². The monoisotopic (exact) mass is 299 g/mol. The van der Waals surface area contributed by atoms with Gasteiger partial charge in [-0.3, -0.25) is 9.88 Å². The van der Waals surface area contributed by atoms with E-state index in [2.05, 4.69) is 5.09 Å². The van der Waals surface area contributed by atoms with E-state index in [9.17, 15) is 14.5 Å². The lowest BCUT2D eigenvalue weighted by atomic mass is 10.1. The van der Waals surface area contributed by atoms with Crippen molar-refractivity contribution in [2.24, 2.45) is 0 Å². The zero-order valence-corrected chi connectivity index (χ0v) is 13.0. The van der Waals surface area contributed by atoms with Crippen molar-refractivity contribution in [3.8, 4) is 5.75 Å². The van der Waals surface area contributed by atoms with Gasteiger partial charge in [-0.1, -0.05) is 19.1 Å². The van der Waals surface area contributed by atoms with Crippen LogP contribution in [0.2, 0.25) is 0 Å². The first-order valence-corrected chi connectivity index (χ1v) is 9.19. The van der Waals surface area contributed by atoms with Crippen LogP contribution in [0.15, 0.2) is 24.3 Å². The van der Waals surface area contributed by atoms with E-state index < -0.39 is 19.3 Å². The van der Waals surface area contributed by atoms with Crippen LogP contribution in [0.3, 0.4) is 0 Å². The first-order chi connectivity index (χ1) is 9.31. The maximum atomic E-state index is 12.0. The van der Waals surface area contributed by atoms with Crippen LogP contribution in [0.1, 0.15) is 18.9 Å². The second-order valence-electron chi connectivity index (χ2n) is 5.07. The van der Waals surface area contributed by atoms with Gasteiger partial charge in [-0.25, -0.2) is 0 Å². The van der Waals surface area contributed by atoms with Gasteiger partial charge in [-0.2, -0.15) is 0 Å². The number of hydrogen-bond acceptors (Lipinski definition) is 4. The van der Waals surface area contributed by atoms with Crippen LogP contribution in [-0.2, 0) is 20.5 Å². The van der Waals surface area contributed by atoms with E-state index in [0.29, 0.717) is 13.0 Å². The zero-order chi connectivity index (χ0) is 15.2. The number of benzene rings is 1. The summed E-state index contributed by atoms with van der Waals surface area (Å²) in [5, 5.41) is 12.1. The predicted octanol–water partition coefficient (Wildman–Crippen LogP) is 2.38. The van der Waals surface area contributed by atoms with Gasteiger partial charge in [0, 0.05) is 13.3 Å². The van der Waals surface area contributed by atoms with Crippen molar-refractivity contribution in [1.29, 1.82) is 0 Å². The molecular formula is C14H22NO4P. The standard InChI is InChI=1S/C14H22NO4P/c1-4-9-19-14(17)13(15-20(2,3)18)10-11-5-7-12(16)8-6-11/h5-8,13,16H,4,9-10H2,1-3H3,(H,15,18). The van der Waals surface area contributed by atoms with Gasteiger partial charge in [0.1, 0.15) is 19.1 Å². The molecule has 0 amide bonds.